The van der Waals surface area contributed by atoms with Gasteiger partial charge in [-0.3, -0.25) is 14.6 Å². The number of aromatic nitrogens is 1. The van der Waals surface area contributed by atoms with Crippen molar-refractivity contribution in [3.63, 3.8) is 0 Å². The Morgan fingerprint density at radius 1 is 0.489 bits per heavy atom. The highest BCUT2D eigenvalue weighted by molar-refractivity contribution is 5.87. The second-order valence-corrected chi connectivity index (χ2v) is 13.8. The summed E-state index contributed by atoms with van der Waals surface area (Å²) in [6.45, 7) is 6.50. The van der Waals surface area contributed by atoms with Crippen molar-refractivity contribution in [2.45, 2.75) is 207 Å². The minimum Gasteiger partial charge on any atom is -0.300 e. The van der Waals surface area contributed by atoms with E-state index in [0.717, 1.165) is 25.7 Å². The maximum atomic E-state index is 12.5. The third kappa shape index (κ3) is 36.7. The summed E-state index contributed by atoms with van der Waals surface area (Å²) in [5.74, 6) is 0.482. The normalized spacial score (nSPS) is 12.0. The van der Waals surface area contributed by atoms with Gasteiger partial charge in [-0.25, -0.2) is 0 Å². The van der Waals surface area contributed by atoms with Crippen LogP contribution in [0.5, 0.6) is 0 Å². The minimum atomic E-state index is -0.0950. The molecule has 0 aliphatic heterocycles. The molecule has 0 fully saturated rings. The predicted octanol–water partition coefficient (Wildman–Crippen LogP) is 14.3. The van der Waals surface area contributed by atoms with E-state index in [4.69, 9.17) is 0 Å². The van der Waals surface area contributed by atoms with E-state index in [2.05, 4.69) is 43.1 Å². The van der Waals surface area contributed by atoms with Gasteiger partial charge in [0.1, 0.15) is 11.6 Å². The molecule has 0 saturated carbocycles. The van der Waals surface area contributed by atoms with Crippen molar-refractivity contribution >= 4 is 11.6 Å². The number of hydrogen-bond acceptors (Lipinski definition) is 3. The first-order chi connectivity index (χ1) is 23.1. The molecule has 1 heterocycles. The first kappa shape index (κ1) is 45.0. The van der Waals surface area contributed by atoms with Crippen LogP contribution in [-0.2, 0) is 9.59 Å². The smallest absolute Gasteiger partial charge is 0.136 e. The zero-order valence-electron chi connectivity index (χ0n) is 31.5. The van der Waals surface area contributed by atoms with Gasteiger partial charge in [0, 0.05) is 37.6 Å². The van der Waals surface area contributed by atoms with Crippen molar-refractivity contribution in [3.05, 3.63) is 54.9 Å². The highest BCUT2D eigenvalue weighted by Crippen LogP contribution is 2.16. The van der Waals surface area contributed by atoms with E-state index in [1.54, 1.807) is 12.4 Å². The summed E-state index contributed by atoms with van der Waals surface area (Å²) in [6.07, 6.45) is 47.9. The van der Waals surface area contributed by atoms with Crippen molar-refractivity contribution in [3.8, 4) is 0 Å². The maximum absolute atomic E-state index is 12.5. The third-order valence-corrected chi connectivity index (χ3v) is 9.05. The van der Waals surface area contributed by atoms with Crippen LogP contribution in [0.25, 0.3) is 0 Å². The summed E-state index contributed by atoms with van der Waals surface area (Å²) in [5.41, 5.74) is 0. The van der Waals surface area contributed by atoms with Crippen molar-refractivity contribution in [1.29, 1.82) is 0 Å². The van der Waals surface area contributed by atoms with Crippen molar-refractivity contribution in [2.75, 3.05) is 0 Å². The number of pyridine rings is 1. The van der Waals surface area contributed by atoms with Crippen LogP contribution in [0, 0.1) is 5.92 Å². The molecule has 47 heavy (non-hydrogen) atoms. The van der Waals surface area contributed by atoms with Gasteiger partial charge >= 0.3 is 0 Å². The average molecular weight is 652 g/mol. The number of rotatable bonds is 33. The Hall–Kier alpha value is -2.03. The van der Waals surface area contributed by atoms with Gasteiger partial charge in [0.2, 0.25) is 0 Å². The molecule has 1 aromatic heterocycles. The van der Waals surface area contributed by atoms with Crippen LogP contribution in [-0.4, -0.2) is 16.6 Å². The second kappa shape index (κ2) is 38.4. The Morgan fingerprint density at radius 2 is 0.851 bits per heavy atom. The molecule has 1 aromatic rings. The lowest BCUT2D eigenvalue weighted by molar-refractivity contribution is -0.127. The minimum absolute atomic E-state index is 0.0950. The number of hydrogen-bond donors (Lipinski definition) is 0. The molecule has 3 nitrogen and oxygen atoms in total. The molecule has 0 saturated heterocycles. The molecule has 270 valence electrons. The van der Waals surface area contributed by atoms with Crippen LogP contribution in [0.4, 0.5) is 0 Å². The number of carbonyl (C=O) groups excluding carboxylic acids is 2. The second-order valence-electron chi connectivity index (χ2n) is 13.8. The number of ketones is 2. The first-order valence-corrected chi connectivity index (χ1v) is 20.3. The number of Topliss-reactive ketones (excluding diaryl/α,β-unsaturated/α-hetero) is 2. The number of unbranched alkanes of at least 4 members (excludes halogenated alkanes) is 22. The molecule has 1 rings (SSSR count). The summed E-state index contributed by atoms with van der Waals surface area (Å²) in [4.78, 5) is 28.6. The zero-order chi connectivity index (χ0) is 34.3. The van der Waals surface area contributed by atoms with Crippen LogP contribution in [0.1, 0.15) is 207 Å². The van der Waals surface area contributed by atoms with Gasteiger partial charge in [-0.05, 0) is 76.3 Å². The SMILES string of the molecule is CCCCCCCC/C=C\CCCCCCCC(=O)CC(C)C(=O)CCCCCCC/C=C\CCCCCCCC.c1ccncc1. The number of allylic oxidation sites excluding steroid dienone is 4. The average Bonchev–Trinajstić information content (AvgIpc) is 3.09. The first-order valence-electron chi connectivity index (χ1n) is 20.3. The standard InChI is InChI=1S/C39H72O2.C5H5N/c1-4-6-8-10-12-14-16-18-20-22-24-26-28-30-32-34-38(40)36-37(3)39(41)35-33-31-29-27-25-23-21-19-17-15-13-11-9-7-5-2;1-2-4-6-5-3-1/h18-21,37H,4-17,22-36H2,1-3H3;1-5H/b20-18-,21-19-;. The van der Waals surface area contributed by atoms with Gasteiger partial charge in [-0.2, -0.15) is 0 Å². The van der Waals surface area contributed by atoms with Gasteiger partial charge in [-0.1, -0.05) is 154 Å². The van der Waals surface area contributed by atoms with Gasteiger partial charge in [0.15, 0.2) is 0 Å². The summed E-state index contributed by atoms with van der Waals surface area (Å²) >= 11 is 0. The van der Waals surface area contributed by atoms with Gasteiger partial charge in [0.25, 0.3) is 0 Å². The van der Waals surface area contributed by atoms with E-state index in [-0.39, 0.29) is 11.7 Å². The highest BCUT2D eigenvalue weighted by Gasteiger charge is 2.16. The molecular formula is C44H77NO2. The molecule has 0 aliphatic rings. The maximum Gasteiger partial charge on any atom is 0.136 e. The quantitative estimate of drug-likeness (QED) is 0.0561. The summed E-state index contributed by atoms with van der Waals surface area (Å²) < 4.78 is 0. The molecule has 0 spiro atoms. The topological polar surface area (TPSA) is 47.0 Å². The predicted molar refractivity (Wildman–Crippen MR) is 207 cm³/mol. The highest BCUT2D eigenvalue weighted by atomic mass is 16.1. The molecule has 3 heteroatoms. The van der Waals surface area contributed by atoms with E-state index in [1.807, 2.05) is 25.1 Å². The molecule has 0 bridgehead atoms. The molecule has 0 radical (unpaired) electrons. The Morgan fingerprint density at radius 3 is 1.21 bits per heavy atom. The van der Waals surface area contributed by atoms with Crippen LogP contribution >= 0.6 is 0 Å². The summed E-state index contributed by atoms with van der Waals surface area (Å²) in [6, 6.07) is 5.72. The van der Waals surface area contributed by atoms with Gasteiger partial charge < -0.3 is 0 Å². The van der Waals surface area contributed by atoms with Crippen molar-refractivity contribution < 1.29 is 9.59 Å². The Balaban J connectivity index is 0.00000313. The third-order valence-electron chi connectivity index (χ3n) is 9.05. The van der Waals surface area contributed by atoms with Crippen molar-refractivity contribution in [1.82, 2.24) is 4.98 Å². The lowest BCUT2D eigenvalue weighted by Gasteiger charge is -2.10. The zero-order valence-corrected chi connectivity index (χ0v) is 31.5. The fourth-order valence-corrected chi connectivity index (χ4v) is 5.88. The Kier molecular flexibility index (Phi) is 36.8. The Labute approximate surface area is 293 Å². The van der Waals surface area contributed by atoms with E-state index in [0.29, 0.717) is 25.0 Å². The number of carbonyl (C=O) groups is 2. The Bertz CT molecular complexity index is 804. The van der Waals surface area contributed by atoms with E-state index in [9.17, 15) is 9.59 Å². The van der Waals surface area contributed by atoms with E-state index in [1.165, 1.54) is 141 Å². The van der Waals surface area contributed by atoms with Gasteiger partial charge in [0.05, 0.1) is 0 Å². The largest absolute Gasteiger partial charge is 0.300 e. The lowest BCUT2D eigenvalue weighted by Crippen LogP contribution is -2.15. The van der Waals surface area contributed by atoms with Crippen LogP contribution in [0.3, 0.4) is 0 Å². The van der Waals surface area contributed by atoms with Crippen molar-refractivity contribution in [2.24, 2.45) is 5.92 Å². The fourth-order valence-electron chi connectivity index (χ4n) is 5.88. The molecule has 0 aromatic carbocycles. The van der Waals surface area contributed by atoms with E-state index >= 15 is 0 Å². The molecule has 0 amide bonds. The molecule has 1 atom stereocenters. The number of nitrogens with zero attached hydrogens (tertiary/aromatic N) is 1. The summed E-state index contributed by atoms with van der Waals surface area (Å²) in [7, 11) is 0. The molecular weight excluding hydrogens is 574 g/mol. The van der Waals surface area contributed by atoms with Crippen LogP contribution in [0.15, 0.2) is 54.9 Å². The monoisotopic (exact) mass is 652 g/mol. The van der Waals surface area contributed by atoms with Gasteiger partial charge in [-0.15, -0.1) is 0 Å². The van der Waals surface area contributed by atoms with E-state index < -0.39 is 0 Å². The molecule has 0 N–H and O–H groups in total. The molecule has 1 unspecified atom stereocenters. The van der Waals surface area contributed by atoms with Crippen LogP contribution in [0.2, 0.25) is 0 Å². The lowest BCUT2D eigenvalue weighted by atomic mass is 9.94. The molecule has 0 aliphatic carbocycles. The van der Waals surface area contributed by atoms with Crippen LogP contribution < -0.4 is 0 Å². The fraction of sp³-hybridized carbons (Fsp3) is 0.750. The summed E-state index contributed by atoms with van der Waals surface area (Å²) in [5, 5.41) is 0.